The molecular formula is C24H24N4O4. The van der Waals surface area contributed by atoms with Crippen LogP contribution in [0.2, 0.25) is 0 Å². The van der Waals surface area contributed by atoms with Crippen molar-refractivity contribution in [3.63, 3.8) is 0 Å². The third-order valence-electron chi connectivity index (χ3n) is 4.96. The first-order valence-electron chi connectivity index (χ1n) is 10.2. The molecule has 8 heteroatoms. The Balaban J connectivity index is 1.39. The SMILES string of the molecule is Cc1noc(C)c1COc1cccc(C(=O)Nc2ccccc2OCCn2ccnc2)c1. The van der Waals surface area contributed by atoms with Crippen LogP contribution in [0.25, 0.3) is 0 Å². The van der Waals surface area contributed by atoms with Crippen molar-refractivity contribution in [2.24, 2.45) is 0 Å². The van der Waals surface area contributed by atoms with Gasteiger partial charge >= 0.3 is 0 Å². The van der Waals surface area contributed by atoms with E-state index in [4.69, 9.17) is 14.0 Å². The number of carbonyl (C=O) groups is 1. The number of anilines is 1. The number of aryl methyl sites for hydroxylation is 2. The molecule has 2 aromatic heterocycles. The van der Waals surface area contributed by atoms with E-state index < -0.39 is 0 Å². The van der Waals surface area contributed by atoms with Gasteiger partial charge in [0.1, 0.15) is 30.5 Å². The Bertz CT molecular complexity index is 1160. The summed E-state index contributed by atoms with van der Waals surface area (Å²) in [6.45, 7) is 5.15. The van der Waals surface area contributed by atoms with Crippen LogP contribution >= 0.6 is 0 Å². The van der Waals surface area contributed by atoms with Crippen molar-refractivity contribution >= 4 is 11.6 Å². The average Bonchev–Trinajstić information content (AvgIpc) is 3.43. The van der Waals surface area contributed by atoms with Crippen LogP contribution in [-0.4, -0.2) is 27.2 Å². The molecule has 0 saturated carbocycles. The molecule has 0 fully saturated rings. The summed E-state index contributed by atoms with van der Waals surface area (Å²) in [6.07, 6.45) is 5.33. The molecule has 0 radical (unpaired) electrons. The molecule has 2 aromatic carbocycles. The van der Waals surface area contributed by atoms with E-state index in [0.29, 0.717) is 42.5 Å². The monoisotopic (exact) mass is 432 g/mol. The zero-order valence-corrected chi connectivity index (χ0v) is 17.9. The average molecular weight is 432 g/mol. The molecule has 4 aromatic rings. The van der Waals surface area contributed by atoms with Crippen LogP contribution in [-0.2, 0) is 13.2 Å². The topological polar surface area (TPSA) is 91.4 Å². The molecule has 1 N–H and O–H groups in total. The van der Waals surface area contributed by atoms with Crippen molar-refractivity contribution in [3.8, 4) is 11.5 Å². The normalized spacial score (nSPS) is 10.7. The van der Waals surface area contributed by atoms with Gasteiger partial charge in [0, 0.05) is 18.0 Å². The van der Waals surface area contributed by atoms with E-state index in [9.17, 15) is 4.79 Å². The number of benzene rings is 2. The molecule has 0 atom stereocenters. The van der Waals surface area contributed by atoms with Crippen LogP contribution in [0.1, 0.15) is 27.4 Å². The van der Waals surface area contributed by atoms with Crippen molar-refractivity contribution in [2.45, 2.75) is 27.0 Å². The lowest BCUT2D eigenvalue weighted by atomic mass is 10.2. The minimum Gasteiger partial charge on any atom is -0.490 e. The zero-order chi connectivity index (χ0) is 22.3. The van der Waals surface area contributed by atoms with E-state index in [-0.39, 0.29) is 5.91 Å². The molecule has 164 valence electrons. The molecule has 32 heavy (non-hydrogen) atoms. The van der Waals surface area contributed by atoms with Crippen molar-refractivity contribution in [1.82, 2.24) is 14.7 Å². The minimum absolute atomic E-state index is 0.251. The Hall–Kier alpha value is -4.07. The maximum absolute atomic E-state index is 12.9. The van der Waals surface area contributed by atoms with Gasteiger partial charge in [0.05, 0.1) is 29.8 Å². The number of hydrogen-bond acceptors (Lipinski definition) is 6. The van der Waals surface area contributed by atoms with Gasteiger partial charge in [0.15, 0.2) is 0 Å². The van der Waals surface area contributed by atoms with Crippen molar-refractivity contribution < 1.29 is 18.8 Å². The molecule has 0 bridgehead atoms. The number of amides is 1. The van der Waals surface area contributed by atoms with E-state index in [0.717, 1.165) is 17.0 Å². The van der Waals surface area contributed by atoms with Gasteiger partial charge in [-0.2, -0.15) is 0 Å². The first-order valence-corrected chi connectivity index (χ1v) is 10.2. The van der Waals surface area contributed by atoms with Crippen LogP contribution < -0.4 is 14.8 Å². The summed E-state index contributed by atoms with van der Waals surface area (Å²) in [5.41, 5.74) is 2.78. The van der Waals surface area contributed by atoms with E-state index in [1.54, 1.807) is 30.7 Å². The van der Waals surface area contributed by atoms with Gasteiger partial charge in [0.25, 0.3) is 5.91 Å². The van der Waals surface area contributed by atoms with Gasteiger partial charge in [-0.15, -0.1) is 0 Å². The van der Waals surface area contributed by atoms with E-state index in [1.165, 1.54) is 0 Å². The second-order valence-corrected chi connectivity index (χ2v) is 7.22. The lowest BCUT2D eigenvalue weighted by Crippen LogP contribution is -2.14. The quantitative estimate of drug-likeness (QED) is 0.422. The van der Waals surface area contributed by atoms with Crippen LogP contribution in [0.15, 0.2) is 71.8 Å². The fraction of sp³-hybridized carbons (Fsp3) is 0.208. The van der Waals surface area contributed by atoms with Gasteiger partial charge in [-0.1, -0.05) is 23.4 Å². The third-order valence-corrected chi connectivity index (χ3v) is 4.96. The smallest absolute Gasteiger partial charge is 0.255 e. The first kappa shape index (κ1) is 21.2. The molecule has 0 aliphatic rings. The van der Waals surface area contributed by atoms with Crippen molar-refractivity contribution in [2.75, 3.05) is 11.9 Å². The van der Waals surface area contributed by atoms with Crippen molar-refractivity contribution in [3.05, 3.63) is 89.8 Å². The van der Waals surface area contributed by atoms with E-state index >= 15 is 0 Å². The van der Waals surface area contributed by atoms with Crippen LogP contribution in [0.4, 0.5) is 5.69 Å². The molecule has 0 aliphatic carbocycles. The number of imidazole rings is 1. The standard InChI is InChI=1S/C24H24N4O4/c1-17-21(18(2)32-27-17)15-31-20-7-5-6-19(14-20)24(29)26-22-8-3-4-9-23(22)30-13-12-28-11-10-25-16-28/h3-11,14,16H,12-13,15H2,1-2H3,(H,26,29). The summed E-state index contributed by atoms with van der Waals surface area (Å²) in [7, 11) is 0. The van der Waals surface area contributed by atoms with Crippen LogP contribution in [0.3, 0.4) is 0 Å². The summed E-state index contributed by atoms with van der Waals surface area (Å²) in [4.78, 5) is 16.9. The highest BCUT2D eigenvalue weighted by atomic mass is 16.5. The number of aromatic nitrogens is 3. The second-order valence-electron chi connectivity index (χ2n) is 7.22. The largest absolute Gasteiger partial charge is 0.490 e. The summed E-state index contributed by atoms with van der Waals surface area (Å²) in [6, 6.07) is 14.4. The number of carbonyl (C=O) groups excluding carboxylic acids is 1. The fourth-order valence-corrected chi connectivity index (χ4v) is 3.16. The molecule has 8 nitrogen and oxygen atoms in total. The Morgan fingerprint density at radius 2 is 2.00 bits per heavy atom. The number of para-hydroxylation sites is 2. The number of rotatable bonds is 9. The van der Waals surface area contributed by atoms with Gasteiger partial charge in [-0.25, -0.2) is 4.98 Å². The summed E-state index contributed by atoms with van der Waals surface area (Å²) < 4.78 is 18.8. The molecule has 0 aliphatic heterocycles. The zero-order valence-electron chi connectivity index (χ0n) is 17.9. The minimum atomic E-state index is -0.251. The first-order chi connectivity index (χ1) is 15.6. The Labute approximate surface area is 185 Å². The van der Waals surface area contributed by atoms with Crippen molar-refractivity contribution in [1.29, 1.82) is 0 Å². The Morgan fingerprint density at radius 1 is 1.12 bits per heavy atom. The Morgan fingerprint density at radius 3 is 2.78 bits per heavy atom. The molecule has 1 amide bonds. The highest BCUT2D eigenvalue weighted by molar-refractivity contribution is 6.05. The lowest BCUT2D eigenvalue weighted by molar-refractivity contribution is 0.102. The predicted molar refractivity (Wildman–Crippen MR) is 119 cm³/mol. The highest BCUT2D eigenvalue weighted by Crippen LogP contribution is 2.25. The van der Waals surface area contributed by atoms with Crippen LogP contribution in [0, 0.1) is 13.8 Å². The molecule has 0 saturated heterocycles. The number of hydrogen-bond donors (Lipinski definition) is 1. The third kappa shape index (κ3) is 5.15. The second kappa shape index (κ2) is 9.82. The highest BCUT2D eigenvalue weighted by Gasteiger charge is 2.13. The molecule has 4 rings (SSSR count). The Kier molecular flexibility index (Phi) is 6.50. The molecule has 0 spiro atoms. The lowest BCUT2D eigenvalue weighted by Gasteiger charge is -2.13. The number of nitrogens with one attached hydrogen (secondary N) is 1. The maximum atomic E-state index is 12.9. The van der Waals surface area contributed by atoms with Gasteiger partial charge in [-0.05, 0) is 44.2 Å². The maximum Gasteiger partial charge on any atom is 0.255 e. The predicted octanol–water partition coefficient (Wildman–Crippen LogP) is 4.40. The summed E-state index contributed by atoms with van der Waals surface area (Å²) in [5, 5.41) is 6.85. The molecule has 2 heterocycles. The van der Waals surface area contributed by atoms with Gasteiger partial charge in [0.2, 0.25) is 0 Å². The summed E-state index contributed by atoms with van der Waals surface area (Å²) >= 11 is 0. The fourth-order valence-electron chi connectivity index (χ4n) is 3.16. The summed E-state index contributed by atoms with van der Waals surface area (Å²) in [5.74, 6) is 1.66. The van der Waals surface area contributed by atoms with E-state index in [1.807, 2.05) is 54.9 Å². The molecule has 0 unspecified atom stereocenters. The van der Waals surface area contributed by atoms with Gasteiger partial charge < -0.3 is 23.9 Å². The van der Waals surface area contributed by atoms with Gasteiger partial charge in [-0.3, -0.25) is 4.79 Å². The number of ether oxygens (including phenoxy) is 2. The van der Waals surface area contributed by atoms with E-state index in [2.05, 4.69) is 15.5 Å². The molecular weight excluding hydrogens is 408 g/mol. The van der Waals surface area contributed by atoms with Crippen LogP contribution in [0.5, 0.6) is 11.5 Å². The number of nitrogens with zero attached hydrogens (tertiary/aromatic N) is 3.